The highest BCUT2D eigenvalue weighted by molar-refractivity contribution is 5.85. The molecule has 118 valence electrons. The van der Waals surface area contributed by atoms with Gasteiger partial charge in [0.15, 0.2) is 5.82 Å². The Balaban J connectivity index is 0.00000176. The molecule has 0 unspecified atom stereocenters. The number of rotatable bonds is 3. The third-order valence-electron chi connectivity index (χ3n) is 3.80. The number of halogens is 2. The molecule has 1 heterocycles. The predicted octanol–water partition coefficient (Wildman–Crippen LogP) is 2.85. The van der Waals surface area contributed by atoms with E-state index < -0.39 is 16.3 Å². The second-order valence-electron chi connectivity index (χ2n) is 5.31. The Bertz CT molecular complexity index is 730. The largest absolute Gasteiger partial charge is 0.334 e. The lowest BCUT2D eigenvalue weighted by molar-refractivity contribution is -0.384. The van der Waals surface area contributed by atoms with Crippen molar-refractivity contribution in [3.63, 3.8) is 0 Å². The number of hydrogen-bond donors (Lipinski definition) is 1. The molecule has 1 aromatic carbocycles. The summed E-state index contributed by atoms with van der Waals surface area (Å²) in [6.07, 6.45) is 2.44. The van der Waals surface area contributed by atoms with Crippen molar-refractivity contribution in [2.45, 2.75) is 31.7 Å². The van der Waals surface area contributed by atoms with Crippen LogP contribution < -0.4 is 5.73 Å². The van der Waals surface area contributed by atoms with Crippen molar-refractivity contribution in [3.8, 4) is 11.5 Å². The first-order valence-corrected chi connectivity index (χ1v) is 6.49. The van der Waals surface area contributed by atoms with Crippen LogP contribution in [0, 0.1) is 22.9 Å². The second kappa shape index (κ2) is 5.62. The van der Waals surface area contributed by atoms with Crippen LogP contribution in [0.4, 0.5) is 10.1 Å². The minimum atomic E-state index is -0.640. The molecule has 7 nitrogen and oxygen atoms in total. The van der Waals surface area contributed by atoms with Gasteiger partial charge in [-0.15, -0.1) is 12.4 Å². The minimum absolute atomic E-state index is 0. The Morgan fingerprint density at radius 2 is 2.14 bits per heavy atom. The molecule has 2 N–H and O–H groups in total. The van der Waals surface area contributed by atoms with Gasteiger partial charge in [-0.05, 0) is 38.3 Å². The van der Waals surface area contributed by atoms with Gasteiger partial charge in [0.25, 0.3) is 11.6 Å². The lowest BCUT2D eigenvalue weighted by atomic mass is 9.77. The number of nitrogens with two attached hydrogens (primary N) is 1. The first-order valence-electron chi connectivity index (χ1n) is 6.49. The van der Waals surface area contributed by atoms with Gasteiger partial charge in [-0.1, -0.05) is 5.16 Å². The first-order chi connectivity index (χ1) is 9.90. The summed E-state index contributed by atoms with van der Waals surface area (Å²) in [6, 6.07) is 2.11. The number of hydrogen-bond acceptors (Lipinski definition) is 6. The SMILES string of the molecule is Cc1cc(F)cc(-c2nc(C3(N)CCC3)no2)c1[N+](=O)[O-].Cl. The van der Waals surface area contributed by atoms with E-state index >= 15 is 0 Å². The molecule has 1 saturated carbocycles. The molecule has 0 radical (unpaired) electrons. The highest BCUT2D eigenvalue weighted by Crippen LogP contribution is 2.39. The fourth-order valence-corrected chi connectivity index (χ4v) is 2.46. The third-order valence-corrected chi connectivity index (χ3v) is 3.80. The van der Waals surface area contributed by atoms with Crippen molar-refractivity contribution in [2.24, 2.45) is 5.73 Å². The van der Waals surface area contributed by atoms with Crippen LogP contribution in [-0.4, -0.2) is 15.1 Å². The highest BCUT2D eigenvalue weighted by atomic mass is 35.5. The normalized spacial score (nSPS) is 15.8. The predicted molar refractivity (Wildman–Crippen MR) is 78.0 cm³/mol. The molecule has 22 heavy (non-hydrogen) atoms. The van der Waals surface area contributed by atoms with Crippen molar-refractivity contribution < 1.29 is 13.8 Å². The van der Waals surface area contributed by atoms with Crippen LogP contribution in [0.5, 0.6) is 0 Å². The summed E-state index contributed by atoms with van der Waals surface area (Å²) < 4.78 is 18.6. The van der Waals surface area contributed by atoms with Crippen molar-refractivity contribution in [3.05, 3.63) is 39.5 Å². The van der Waals surface area contributed by atoms with Crippen LogP contribution in [0.25, 0.3) is 11.5 Å². The molecule has 1 fully saturated rings. The van der Waals surface area contributed by atoms with Crippen LogP contribution >= 0.6 is 12.4 Å². The molecule has 0 saturated heterocycles. The van der Waals surface area contributed by atoms with E-state index in [1.165, 1.54) is 6.92 Å². The van der Waals surface area contributed by atoms with Crippen molar-refractivity contribution in [1.82, 2.24) is 10.1 Å². The van der Waals surface area contributed by atoms with E-state index in [4.69, 9.17) is 10.3 Å². The summed E-state index contributed by atoms with van der Waals surface area (Å²) in [7, 11) is 0. The standard InChI is InChI=1S/C13H13FN4O3.ClH/c1-7-5-8(14)6-9(10(7)18(19)20)11-16-12(17-21-11)13(15)3-2-4-13;/h5-6H,2-4,15H2,1H3;1H. The van der Waals surface area contributed by atoms with E-state index in [2.05, 4.69) is 10.1 Å². The van der Waals surface area contributed by atoms with Gasteiger partial charge in [0.2, 0.25) is 0 Å². The first kappa shape index (κ1) is 16.3. The van der Waals surface area contributed by atoms with Crippen molar-refractivity contribution >= 4 is 18.1 Å². The zero-order valence-electron chi connectivity index (χ0n) is 11.7. The van der Waals surface area contributed by atoms with Gasteiger partial charge in [0.05, 0.1) is 10.5 Å². The average Bonchev–Trinajstić information content (AvgIpc) is 2.84. The maximum atomic E-state index is 13.5. The van der Waals surface area contributed by atoms with Gasteiger partial charge in [-0.3, -0.25) is 10.1 Å². The number of aromatic nitrogens is 2. The van der Waals surface area contributed by atoms with E-state index in [-0.39, 0.29) is 35.1 Å². The summed E-state index contributed by atoms with van der Waals surface area (Å²) in [4.78, 5) is 14.7. The van der Waals surface area contributed by atoms with Gasteiger partial charge in [0, 0.05) is 5.56 Å². The van der Waals surface area contributed by atoms with Crippen LogP contribution in [0.1, 0.15) is 30.7 Å². The Labute approximate surface area is 131 Å². The molecule has 9 heteroatoms. The third kappa shape index (κ3) is 2.55. The summed E-state index contributed by atoms with van der Waals surface area (Å²) >= 11 is 0. The molecule has 1 aliphatic carbocycles. The zero-order chi connectivity index (χ0) is 15.2. The summed E-state index contributed by atoms with van der Waals surface area (Å²) in [5, 5.41) is 15.0. The monoisotopic (exact) mass is 328 g/mol. The molecule has 0 amide bonds. The van der Waals surface area contributed by atoms with Crippen LogP contribution in [0.15, 0.2) is 16.7 Å². The lowest BCUT2D eigenvalue weighted by Gasteiger charge is -2.34. The van der Waals surface area contributed by atoms with E-state index in [1.807, 2.05) is 0 Å². The highest BCUT2D eigenvalue weighted by Gasteiger charge is 2.39. The second-order valence-corrected chi connectivity index (χ2v) is 5.31. The van der Waals surface area contributed by atoms with Gasteiger partial charge in [-0.2, -0.15) is 4.98 Å². The lowest BCUT2D eigenvalue weighted by Crippen LogP contribution is -2.44. The number of aryl methyl sites for hydroxylation is 1. The van der Waals surface area contributed by atoms with E-state index in [1.54, 1.807) is 0 Å². The maximum absolute atomic E-state index is 13.5. The number of nitro benzene ring substituents is 1. The van der Waals surface area contributed by atoms with E-state index in [0.717, 1.165) is 31.4 Å². The Kier molecular flexibility index (Phi) is 4.17. The fourth-order valence-electron chi connectivity index (χ4n) is 2.46. The van der Waals surface area contributed by atoms with Gasteiger partial charge in [-0.25, -0.2) is 4.39 Å². The molecular formula is C13H14ClFN4O3. The number of nitrogens with zero attached hydrogens (tertiary/aromatic N) is 3. The molecule has 0 spiro atoms. The molecule has 1 aromatic heterocycles. The topological polar surface area (TPSA) is 108 Å². The van der Waals surface area contributed by atoms with Gasteiger partial charge < -0.3 is 10.3 Å². The molecule has 2 aromatic rings. The molecule has 0 bridgehead atoms. The summed E-state index contributed by atoms with van der Waals surface area (Å²) in [5.74, 6) is -0.380. The minimum Gasteiger partial charge on any atom is -0.334 e. The average molecular weight is 329 g/mol. The van der Waals surface area contributed by atoms with E-state index in [0.29, 0.717) is 5.82 Å². The van der Waals surface area contributed by atoms with E-state index in [9.17, 15) is 14.5 Å². The smallest absolute Gasteiger partial charge is 0.285 e. The van der Waals surface area contributed by atoms with Gasteiger partial charge >= 0.3 is 0 Å². The Morgan fingerprint density at radius 3 is 2.68 bits per heavy atom. The Morgan fingerprint density at radius 1 is 1.45 bits per heavy atom. The fraction of sp³-hybridized carbons (Fsp3) is 0.385. The Hall–Kier alpha value is -2.06. The van der Waals surface area contributed by atoms with Crippen LogP contribution in [-0.2, 0) is 5.54 Å². The molecule has 1 aliphatic rings. The van der Waals surface area contributed by atoms with Gasteiger partial charge in [0.1, 0.15) is 11.4 Å². The molecule has 0 aliphatic heterocycles. The molecule has 0 atom stereocenters. The zero-order valence-corrected chi connectivity index (χ0v) is 12.5. The quantitative estimate of drug-likeness (QED) is 0.685. The summed E-state index contributed by atoms with van der Waals surface area (Å²) in [6.45, 7) is 1.46. The summed E-state index contributed by atoms with van der Waals surface area (Å²) in [5.41, 5.74) is 5.36. The van der Waals surface area contributed by atoms with Crippen molar-refractivity contribution in [2.75, 3.05) is 0 Å². The molecular weight excluding hydrogens is 315 g/mol. The molecule has 3 rings (SSSR count). The van der Waals surface area contributed by atoms with Crippen LogP contribution in [0.3, 0.4) is 0 Å². The maximum Gasteiger partial charge on any atom is 0.285 e. The number of nitro groups is 1. The van der Waals surface area contributed by atoms with Crippen molar-refractivity contribution in [1.29, 1.82) is 0 Å². The van der Waals surface area contributed by atoms with Crippen LogP contribution in [0.2, 0.25) is 0 Å². The number of benzene rings is 1.